The summed E-state index contributed by atoms with van der Waals surface area (Å²) in [5, 5.41) is 4.01. The lowest BCUT2D eigenvalue weighted by Crippen LogP contribution is -2.64. The molecule has 1 amide bonds. The standard InChI is InChI=1S/C22H35BrN2O/c1-21-11-10-16-14(15(21)7-8-18(21)24-13-4-5-13)6-9-19-22(16,2)12-17(23)20(26)25(19)3/h13-19,24H,4-12H2,1-3H3/t14-,15-,16+,17?,18?,19?,21-,22+/m0/s1. The zero-order valence-corrected chi connectivity index (χ0v) is 18.2. The highest BCUT2D eigenvalue weighted by Gasteiger charge is 2.62. The fraction of sp³-hybridized carbons (Fsp3) is 0.955. The quantitative estimate of drug-likeness (QED) is 0.670. The Morgan fingerprint density at radius 2 is 1.73 bits per heavy atom. The van der Waals surface area contributed by atoms with Crippen molar-refractivity contribution in [3.63, 3.8) is 0 Å². The summed E-state index contributed by atoms with van der Waals surface area (Å²) in [5.41, 5.74) is 0.806. The molecule has 0 aromatic heterocycles. The molecule has 1 N–H and O–H groups in total. The Kier molecular flexibility index (Phi) is 4.11. The van der Waals surface area contributed by atoms with Gasteiger partial charge in [0.15, 0.2) is 0 Å². The Morgan fingerprint density at radius 3 is 2.46 bits per heavy atom. The number of likely N-dealkylation sites (tertiary alicyclic amines) is 1. The number of nitrogens with zero attached hydrogens (tertiary/aromatic N) is 1. The van der Waals surface area contributed by atoms with E-state index in [1.807, 2.05) is 0 Å². The van der Waals surface area contributed by atoms with Gasteiger partial charge in [-0.25, -0.2) is 0 Å². The van der Waals surface area contributed by atoms with Gasteiger partial charge in [-0.15, -0.1) is 0 Å². The molecule has 5 rings (SSSR count). The lowest BCUT2D eigenvalue weighted by Gasteiger charge is -2.62. The van der Waals surface area contributed by atoms with Gasteiger partial charge in [0, 0.05) is 25.2 Å². The summed E-state index contributed by atoms with van der Waals surface area (Å²) in [6.07, 6.45) is 12.0. The number of hydrogen-bond donors (Lipinski definition) is 1. The number of carbonyl (C=O) groups is 1. The fourth-order valence-electron chi connectivity index (χ4n) is 8.02. The van der Waals surface area contributed by atoms with Gasteiger partial charge in [-0.3, -0.25) is 4.79 Å². The second-order valence-corrected chi connectivity index (χ2v) is 11.8. The first-order valence-corrected chi connectivity index (χ1v) is 11.9. The van der Waals surface area contributed by atoms with E-state index in [1.165, 1.54) is 51.4 Å². The number of piperidine rings is 1. The van der Waals surface area contributed by atoms with Crippen molar-refractivity contribution in [2.75, 3.05) is 7.05 Å². The van der Waals surface area contributed by atoms with E-state index in [0.29, 0.717) is 22.8 Å². The summed E-state index contributed by atoms with van der Waals surface area (Å²) >= 11 is 3.72. The van der Waals surface area contributed by atoms with Gasteiger partial charge in [-0.05, 0) is 86.4 Å². The first-order chi connectivity index (χ1) is 12.3. The maximum absolute atomic E-state index is 12.5. The summed E-state index contributed by atoms with van der Waals surface area (Å²) in [6, 6.07) is 2.04. The third-order valence-electron chi connectivity index (χ3n) is 9.54. The van der Waals surface area contributed by atoms with Crippen molar-refractivity contribution in [1.29, 1.82) is 0 Å². The van der Waals surface area contributed by atoms with E-state index in [1.54, 1.807) is 0 Å². The minimum atomic E-state index is 0.0219. The monoisotopic (exact) mass is 422 g/mol. The smallest absolute Gasteiger partial charge is 0.236 e. The molecule has 3 nitrogen and oxygen atoms in total. The Balaban J connectivity index is 1.41. The topological polar surface area (TPSA) is 32.3 Å². The minimum absolute atomic E-state index is 0.0219. The van der Waals surface area contributed by atoms with Gasteiger partial charge in [0.05, 0.1) is 4.83 Å². The van der Waals surface area contributed by atoms with E-state index in [2.05, 4.69) is 47.0 Å². The van der Waals surface area contributed by atoms with E-state index in [0.717, 1.165) is 36.3 Å². The molecule has 5 aliphatic rings. The van der Waals surface area contributed by atoms with Crippen molar-refractivity contribution in [3.05, 3.63) is 0 Å². The zero-order chi connectivity index (χ0) is 18.3. The molecule has 1 saturated heterocycles. The van der Waals surface area contributed by atoms with Crippen LogP contribution in [0, 0.1) is 28.6 Å². The highest BCUT2D eigenvalue weighted by Crippen LogP contribution is 2.65. The summed E-state index contributed by atoms with van der Waals surface area (Å²) in [6.45, 7) is 5.13. The van der Waals surface area contributed by atoms with Crippen molar-refractivity contribution in [2.45, 2.75) is 94.6 Å². The molecule has 4 aliphatic carbocycles. The number of amides is 1. The summed E-state index contributed by atoms with van der Waals surface area (Å²) in [4.78, 5) is 14.7. The molecule has 5 fully saturated rings. The van der Waals surface area contributed by atoms with Crippen molar-refractivity contribution >= 4 is 21.8 Å². The molecule has 8 atom stereocenters. The number of halogens is 1. The minimum Gasteiger partial charge on any atom is -0.341 e. The predicted molar refractivity (Wildman–Crippen MR) is 108 cm³/mol. The first kappa shape index (κ1) is 18.0. The molecule has 26 heavy (non-hydrogen) atoms. The first-order valence-electron chi connectivity index (χ1n) is 11.0. The van der Waals surface area contributed by atoms with Crippen LogP contribution >= 0.6 is 15.9 Å². The molecule has 0 bridgehead atoms. The normalized spacial score (nSPS) is 53.8. The lowest BCUT2D eigenvalue weighted by atomic mass is 9.47. The van der Waals surface area contributed by atoms with Crippen LogP contribution < -0.4 is 5.32 Å². The SMILES string of the molecule is CN1C(=O)C(Br)C[C@@]2(C)C1CC[C@@H]1[C@H]2CC[C@]2(C)C(NC3CC3)CC[C@@H]12. The molecular formula is C22H35BrN2O. The molecule has 4 heteroatoms. The van der Waals surface area contributed by atoms with Crippen LogP contribution in [0.1, 0.15) is 71.6 Å². The fourth-order valence-corrected chi connectivity index (χ4v) is 9.04. The lowest BCUT2D eigenvalue weighted by molar-refractivity contribution is -0.156. The van der Waals surface area contributed by atoms with Crippen molar-refractivity contribution in [2.24, 2.45) is 28.6 Å². The van der Waals surface area contributed by atoms with Crippen molar-refractivity contribution in [3.8, 4) is 0 Å². The third-order valence-corrected chi connectivity index (χ3v) is 10.3. The van der Waals surface area contributed by atoms with E-state index in [4.69, 9.17) is 0 Å². The third kappa shape index (κ3) is 2.43. The van der Waals surface area contributed by atoms with Crippen LogP contribution in [0.25, 0.3) is 0 Å². The van der Waals surface area contributed by atoms with E-state index in [-0.39, 0.29) is 4.83 Å². The average molecular weight is 423 g/mol. The molecule has 1 aliphatic heterocycles. The predicted octanol–water partition coefficient (Wildman–Crippen LogP) is 4.34. The van der Waals surface area contributed by atoms with Gasteiger partial charge in [0.25, 0.3) is 0 Å². The molecular weight excluding hydrogens is 388 g/mol. The highest BCUT2D eigenvalue weighted by atomic mass is 79.9. The number of fused-ring (bicyclic) bond motifs is 5. The number of rotatable bonds is 2. The molecule has 4 saturated carbocycles. The van der Waals surface area contributed by atoms with E-state index in [9.17, 15) is 4.79 Å². The van der Waals surface area contributed by atoms with Crippen LogP contribution in [0.5, 0.6) is 0 Å². The molecule has 3 unspecified atom stereocenters. The maximum Gasteiger partial charge on any atom is 0.236 e. The Labute approximate surface area is 167 Å². The molecule has 1 heterocycles. The second kappa shape index (κ2) is 5.95. The van der Waals surface area contributed by atoms with Crippen LogP contribution in [0.15, 0.2) is 0 Å². The second-order valence-electron chi connectivity index (χ2n) is 10.7. The molecule has 146 valence electrons. The van der Waals surface area contributed by atoms with Gasteiger partial charge in [0.1, 0.15) is 0 Å². The Hall–Kier alpha value is -0.0900. The number of nitrogens with one attached hydrogen (secondary N) is 1. The van der Waals surface area contributed by atoms with Gasteiger partial charge in [-0.1, -0.05) is 29.8 Å². The Bertz CT molecular complexity index is 607. The summed E-state index contributed by atoms with van der Waals surface area (Å²) in [5.74, 6) is 2.88. The van der Waals surface area contributed by atoms with E-state index >= 15 is 0 Å². The zero-order valence-electron chi connectivity index (χ0n) is 16.6. The van der Waals surface area contributed by atoms with Crippen LogP contribution in [0.2, 0.25) is 0 Å². The molecule has 0 aromatic carbocycles. The average Bonchev–Trinajstić information content (AvgIpc) is 3.35. The highest BCUT2D eigenvalue weighted by molar-refractivity contribution is 9.10. The van der Waals surface area contributed by atoms with Gasteiger partial charge in [-0.2, -0.15) is 0 Å². The van der Waals surface area contributed by atoms with Gasteiger partial charge >= 0.3 is 0 Å². The number of carbonyl (C=O) groups excluding carboxylic acids is 1. The summed E-state index contributed by atoms with van der Waals surface area (Å²) in [7, 11) is 2.05. The molecule has 0 aromatic rings. The van der Waals surface area contributed by atoms with Crippen LogP contribution in [0.4, 0.5) is 0 Å². The van der Waals surface area contributed by atoms with Crippen LogP contribution in [-0.4, -0.2) is 40.8 Å². The number of hydrogen-bond acceptors (Lipinski definition) is 2. The van der Waals surface area contributed by atoms with Crippen molar-refractivity contribution in [1.82, 2.24) is 10.2 Å². The van der Waals surface area contributed by atoms with Crippen LogP contribution in [0.3, 0.4) is 0 Å². The van der Waals surface area contributed by atoms with E-state index < -0.39 is 0 Å². The molecule has 0 spiro atoms. The molecule has 0 radical (unpaired) electrons. The van der Waals surface area contributed by atoms with Gasteiger partial charge < -0.3 is 10.2 Å². The van der Waals surface area contributed by atoms with Crippen LogP contribution in [-0.2, 0) is 4.79 Å². The Morgan fingerprint density at radius 1 is 1.00 bits per heavy atom. The van der Waals surface area contributed by atoms with Crippen molar-refractivity contribution < 1.29 is 4.79 Å². The largest absolute Gasteiger partial charge is 0.341 e. The summed E-state index contributed by atoms with van der Waals surface area (Å²) < 4.78 is 0. The van der Waals surface area contributed by atoms with Gasteiger partial charge in [0.2, 0.25) is 5.91 Å². The maximum atomic E-state index is 12.5. The number of alkyl halides is 1.